The molecule has 3 aromatic rings. The van der Waals surface area contributed by atoms with E-state index in [0.717, 1.165) is 18.2 Å². The van der Waals surface area contributed by atoms with Crippen molar-refractivity contribution in [1.29, 1.82) is 5.26 Å². The Morgan fingerprint density at radius 2 is 1.59 bits per heavy atom. The highest BCUT2D eigenvalue weighted by atomic mass is 35.5. The third kappa shape index (κ3) is 6.15. The van der Waals surface area contributed by atoms with Crippen LogP contribution in [0.3, 0.4) is 0 Å². The van der Waals surface area contributed by atoms with Gasteiger partial charge >= 0.3 is 6.18 Å². The summed E-state index contributed by atoms with van der Waals surface area (Å²) in [5.74, 6) is -1.00. The van der Waals surface area contributed by atoms with Crippen molar-refractivity contribution >= 4 is 40.6 Å². The molecule has 2 unspecified atom stereocenters. The molecule has 0 aliphatic carbocycles. The maximum Gasteiger partial charge on any atom is 0.416 e. The van der Waals surface area contributed by atoms with Crippen LogP contribution < -0.4 is 9.47 Å². The van der Waals surface area contributed by atoms with Crippen LogP contribution in [0.2, 0.25) is 15.1 Å². The maximum absolute atomic E-state index is 12.8. The van der Waals surface area contributed by atoms with Gasteiger partial charge in [0.2, 0.25) is 0 Å². The monoisotopic (exact) mass is 527 g/mol. The first kappa shape index (κ1) is 25.7. The van der Waals surface area contributed by atoms with E-state index < -0.39 is 29.5 Å². The Kier molecular flexibility index (Phi) is 7.98. The van der Waals surface area contributed by atoms with Gasteiger partial charge in [0.25, 0.3) is 0 Å². The Hall–Kier alpha value is -2.92. The molecule has 0 bridgehead atoms. The van der Waals surface area contributed by atoms with E-state index in [2.05, 4.69) is 0 Å². The first-order chi connectivity index (χ1) is 16.0. The number of carbonyl (C=O) groups excluding carboxylic acids is 1. The lowest BCUT2D eigenvalue weighted by Crippen LogP contribution is -2.29. The molecule has 0 spiro atoms. The highest BCUT2D eigenvalue weighted by Crippen LogP contribution is 2.37. The summed E-state index contributed by atoms with van der Waals surface area (Å²) in [6.07, 6.45) is -5.49. The number of rotatable bonds is 7. The van der Waals surface area contributed by atoms with E-state index in [1.165, 1.54) is 49.4 Å². The number of alkyl halides is 3. The Labute approximate surface area is 208 Å². The van der Waals surface area contributed by atoms with Gasteiger partial charge in [-0.15, -0.1) is 0 Å². The van der Waals surface area contributed by atoms with Gasteiger partial charge in [0.1, 0.15) is 23.2 Å². The molecule has 2 atom stereocenters. The second kappa shape index (κ2) is 10.6. The number of benzene rings is 3. The molecular weight excluding hydrogens is 514 g/mol. The summed E-state index contributed by atoms with van der Waals surface area (Å²) in [6, 6.07) is 15.2. The number of nitriles is 1. The summed E-state index contributed by atoms with van der Waals surface area (Å²) < 4.78 is 49.5. The number of hydrogen-bond donors (Lipinski definition) is 0. The minimum Gasteiger partial charge on any atom is -0.483 e. The summed E-state index contributed by atoms with van der Waals surface area (Å²) >= 11 is 17.9. The summed E-state index contributed by atoms with van der Waals surface area (Å²) in [4.78, 5) is 12.8. The number of halogens is 6. The van der Waals surface area contributed by atoms with Crippen LogP contribution in [0.4, 0.5) is 13.2 Å². The van der Waals surface area contributed by atoms with Gasteiger partial charge < -0.3 is 9.47 Å². The molecule has 0 radical (unpaired) electrons. The second-order valence-electron chi connectivity index (χ2n) is 7.11. The summed E-state index contributed by atoms with van der Waals surface area (Å²) in [6.45, 7) is 1.50. The van der Waals surface area contributed by atoms with Crippen molar-refractivity contribution < 1.29 is 27.4 Å². The van der Waals surface area contributed by atoms with Crippen molar-refractivity contribution in [3.05, 3.63) is 86.9 Å². The third-order valence-electron chi connectivity index (χ3n) is 4.71. The predicted octanol–water partition coefficient (Wildman–Crippen LogP) is 8.10. The fourth-order valence-corrected chi connectivity index (χ4v) is 3.73. The van der Waals surface area contributed by atoms with Gasteiger partial charge in [-0.1, -0.05) is 40.9 Å². The molecule has 3 aromatic carbocycles. The molecular formula is C24H15Cl3F3NO3. The highest BCUT2D eigenvalue weighted by molar-refractivity contribution is 6.35. The van der Waals surface area contributed by atoms with Gasteiger partial charge in [0.15, 0.2) is 11.9 Å². The number of ether oxygens (including phenoxy) is 2. The Bertz CT molecular complexity index is 1240. The molecule has 0 N–H and O–H groups in total. The zero-order chi connectivity index (χ0) is 25.0. The maximum atomic E-state index is 12.8. The fourth-order valence-electron chi connectivity index (χ4n) is 2.99. The molecule has 3 rings (SSSR count). The van der Waals surface area contributed by atoms with Crippen molar-refractivity contribution in [1.82, 2.24) is 0 Å². The molecule has 0 heterocycles. The number of carbonyl (C=O) groups is 1. The van der Waals surface area contributed by atoms with Crippen LogP contribution in [0.15, 0.2) is 60.7 Å². The Morgan fingerprint density at radius 3 is 2.15 bits per heavy atom. The number of ketones is 1. The molecule has 0 aliphatic heterocycles. The van der Waals surface area contributed by atoms with Crippen LogP contribution in [0, 0.1) is 11.3 Å². The lowest BCUT2D eigenvalue weighted by Gasteiger charge is -2.18. The van der Waals surface area contributed by atoms with Crippen LogP contribution in [0.25, 0.3) is 0 Å². The predicted molar refractivity (Wildman–Crippen MR) is 123 cm³/mol. The van der Waals surface area contributed by atoms with E-state index >= 15 is 0 Å². The number of hydrogen-bond acceptors (Lipinski definition) is 4. The van der Waals surface area contributed by atoms with Gasteiger partial charge in [-0.3, -0.25) is 4.79 Å². The fraction of sp³-hybridized carbons (Fsp3) is 0.167. The lowest BCUT2D eigenvalue weighted by molar-refractivity contribution is -0.137. The quantitative estimate of drug-likeness (QED) is 0.311. The van der Waals surface area contributed by atoms with Gasteiger partial charge in [-0.25, -0.2) is 0 Å². The van der Waals surface area contributed by atoms with Crippen molar-refractivity contribution in [2.45, 2.75) is 25.1 Å². The summed E-state index contributed by atoms with van der Waals surface area (Å²) in [5.41, 5.74) is -0.561. The van der Waals surface area contributed by atoms with Crippen LogP contribution in [-0.2, 0) is 11.0 Å². The molecule has 0 fully saturated rings. The van der Waals surface area contributed by atoms with Gasteiger partial charge in [-0.05, 0) is 67.1 Å². The number of Topliss-reactive ketones (excluding diaryl/α,β-unsaturated/α-hetero) is 1. The van der Waals surface area contributed by atoms with Crippen LogP contribution >= 0.6 is 34.8 Å². The van der Waals surface area contributed by atoms with Crippen LogP contribution in [0.5, 0.6) is 17.2 Å². The molecule has 0 saturated heterocycles. The van der Waals surface area contributed by atoms with Crippen molar-refractivity contribution in [2.24, 2.45) is 0 Å². The van der Waals surface area contributed by atoms with Crippen molar-refractivity contribution in [3.8, 4) is 23.3 Å². The number of nitrogens with zero attached hydrogens (tertiary/aromatic N) is 1. The van der Waals surface area contributed by atoms with Crippen molar-refractivity contribution in [3.63, 3.8) is 0 Å². The van der Waals surface area contributed by atoms with Gasteiger partial charge in [0, 0.05) is 10.0 Å². The summed E-state index contributed by atoms with van der Waals surface area (Å²) in [5, 5.41) is 9.89. The molecule has 0 saturated carbocycles. The van der Waals surface area contributed by atoms with Gasteiger partial charge in [0.05, 0.1) is 16.7 Å². The first-order valence-corrected chi connectivity index (χ1v) is 10.8. The Morgan fingerprint density at radius 1 is 0.941 bits per heavy atom. The van der Waals surface area contributed by atoms with E-state index in [9.17, 15) is 23.2 Å². The van der Waals surface area contributed by atoms with E-state index in [4.69, 9.17) is 44.3 Å². The van der Waals surface area contributed by atoms with Crippen LogP contribution in [0.1, 0.15) is 24.0 Å². The van der Waals surface area contributed by atoms with E-state index in [-0.39, 0.29) is 21.5 Å². The smallest absolute Gasteiger partial charge is 0.416 e. The second-order valence-corrected chi connectivity index (χ2v) is 8.36. The molecule has 176 valence electrons. The highest BCUT2D eigenvalue weighted by Gasteiger charge is 2.31. The van der Waals surface area contributed by atoms with Crippen LogP contribution in [-0.4, -0.2) is 11.9 Å². The molecule has 0 amide bonds. The summed E-state index contributed by atoms with van der Waals surface area (Å²) in [7, 11) is 0. The average molecular weight is 529 g/mol. The van der Waals surface area contributed by atoms with Crippen molar-refractivity contribution in [2.75, 3.05) is 0 Å². The molecule has 0 aromatic heterocycles. The molecule has 10 heteroatoms. The van der Waals surface area contributed by atoms with Gasteiger partial charge in [-0.2, -0.15) is 18.4 Å². The third-order valence-corrected chi connectivity index (χ3v) is 5.57. The first-order valence-electron chi connectivity index (χ1n) is 9.69. The normalized spacial score (nSPS) is 13.0. The zero-order valence-corrected chi connectivity index (χ0v) is 19.6. The largest absolute Gasteiger partial charge is 0.483 e. The standard InChI is InChI=1S/C24H15Cl3F3NO3/c1-13(23(32)19(12-31)18-8-3-15(25)11-20(18)26)33-16-4-6-17(7-5-16)34-22-9-2-14(10-21(22)27)24(28,29)30/h2-11,13,19H,1H3. The Balaban J connectivity index is 1.68. The lowest BCUT2D eigenvalue weighted by atomic mass is 9.93. The SMILES string of the molecule is CC(Oc1ccc(Oc2ccc(C(F)(F)F)cc2Cl)cc1)C(=O)C(C#N)c1ccc(Cl)cc1Cl. The topological polar surface area (TPSA) is 59.3 Å². The minimum absolute atomic E-state index is 0.0450. The molecule has 34 heavy (non-hydrogen) atoms. The van der Waals surface area contributed by atoms with E-state index in [1.807, 2.05) is 6.07 Å². The zero-order valence-electron chi connectivity index (χ0n) is 17.4. The van der Waals surface area contributed by atoms with E-state index in [0.29, 0.717) is 16.3 Å². The molecule has 4 nitrogen and oxygen atoms in total. The average Bonchev–Trinajstić information content (AvgIpc) is 2.77. The molecule has 0 aliphatic rings. The van der Waals surface area contributed by atoms with E-state index in [1.54, 1.807) is 0 Å². The minimum atomic E-state index is -4.52.